The fourth-order valence-corrected chi connectivity index (χ4v) is 3.50. The van der Waals surface area contributed by atoms with E-state index in [2.05, 4.69) is 20.2 Å². The minimum atomic E-state index is -0.121. The molecule has 1 amide bonds. The maximum absolute atomic E-state index is 12.9. The molecule has 0 bridgehead atoms. The van der Waals surface area contributed by atoms with Crippen molar-refractivity contribution in [2.45, 2.75) is 32.7 Å². The smallest absolute Gasteiger partial charge is 0.225 e. The molecule has 1 saturated heterocycles. The summed E-state index contributed by atoms with van der Waals surface area (Å²) in [4.78, 5) is 23.5. The van der Waals surface area contributed by atoms with Gasteiger partial charge in [-0.2, -0.15) is 0 Å². The van der Waals surface area contributed by atoms with Gasteiger partial charge >= 0.3 is 0 Å². The Hall–Kier alpha value is -2.83. The molecule has 2 aromatic rings. The zero-order chi connectivity index (χ0) is 19.9. The second-order valence-electron chi connectivity index (χ2n) is 6.92. The highest BCUT2D eigenvalue weighted by atomic mass is 16.5. The minimum Gasteiger partial charge on any atom is -0.493 e. The van der Waals surface area contributed by atoms with Gasteiger partial charge in [0.2, 0.25) is 5.91 Å². The van der Waals surface area contributed by atoms with Crippen LogP contribution in [-0.2, 0) is 4.79 Å². The van der Waals surface area contributed by atoms with Crippen molar-refractivity contribution >= 4 is 11.7 Å². The number of rotatable bonds is 7. The SMILES string of the molecule is CCOc1ccc(C(C)NC(=O)C2CCCN(c3cnccn3)C2)cc1OC. The van der Waals surface area contributed by atoms with Gasteiger partial charge < -0.3 is 19.7 Å². The predicted molar refractivity (Wildman–Crippen MR) is 108 cm³/mol. The number of benzene rings is 1. The molecule has 0 radical (unpaired) electrons. The van der Waals surface area contributed by atoms with Gasteiger partial charge in [-0.3, -0.25) is 9.78 Å². The zero-order valence-corrected chi connectivity index (χ0v) is 16.7. The van der Waals surface area contributed by atoms with E-state index in [1.807, 2.05) is 32.0 Å². The molecule has 150 valence electrons. The number of hydrogen-bond acceptors (Lipinski definition) is 6. The predicted octanol–water partition coefficient (Wildman–Crippen LogP) is 2.98. The number of amides is 1. The fourth-order valence-electron chi connectivity index (χ4n) is 3.50. The number of carbonyl (C=O) groups is 1. The van der Waals surface area contributed by atoms with Crippen molar-refractivity contribution in [2.75, 3.05) is 31.7 Å². The Kier molecular flexibility index (Phi) is 6.68. The molecule has 2 atom stereocenters. The number of aromatic nitrogens is 2. The van der Waals surface area contributed by atoms with Crippen molar-refractivity contribution in [3.8, 4) is 11.5 Å². The molecular weight excluding hydrogens is 356 g/mol. The Morgan fingerprint density at radius 2 is 2.21 bits per heavy atom. The number of ether oxygens (including phenoxy) is 2. The van der Waals surface area contributed by atoms with E-state index in [1.165, 1.54) is 0 Å². The third-order valence-electron chi connectivity index (χ3n) is 5.01. The van der Waals surface area contributed by atoms with Crippen molar-refractivity contribution in [3.63, 3.8) is 0 Å². The van der Waals surface area contributed by atoms with E-state index in [0.717, 1.165) is 30.8 Å². The third-order valence-corrected chi connectivity index (χ3v) is 5.01. The van der Waals surface area contributed by atoms with Crippen LogP contribution in [0.25, 0.3) is 0 Å². The minimum absolute atomic E-state index is 0.0638. The summed E-state index contributed by atoms with van der Waals surface area (Å²) >= 11 is 0. The highest BCUT2D eigenvalue weighted by Gasteiger charge is 2.27. The highest BCUT2D eigenvalue weighted by molar-refractivity contribution is 5.80. The second-order valence-corrected chi connectivity index (χ2v) is 6.92. The van der Waals surface area contributed by atoms with Crippen LogP contribution in [0.5, 0.6) is 11.5 Å². The van der Waals surface area contributed by atoms with Gasteiger partial charge in [-0.05, 0) is 44.4 Å². The van der Waals surface area contributed by atoms with Gasteiger partial charge in [0, 0.05) is 25.5 Å². The average molecular weight is 384 g/mol. The lowest BCUT2D eigenvalue weighted by molar-refractivity contribution is -0.125. The lowest BCUT2D eigenvalue weighted by atomic mass is 9.96. The van der Waals surface area contributed by atoms with Crippen LogP contribution in [-0.4, -0.2) is 42.7 Å². The largest absolute Gasteiger partial charge is 0.493 e. The monoisotopic (exact) mass is 384 g/mol. The summed E-state index contributed by atoms with van der Waals surface area (Å²) in [6, 6.07) is 5.65. The van der Waals surface area contributed by atoms with Crippen LogP contribution in [0.4, 0.5) is 5.82 Å². The van der Waals surface area contributed by atoms with Crippen molar-refractivity contribution in [1.82, 2.24) is 15.3 Å². The first kappa shape index (κ1) is 19.9. The number of anilines is 1. The maximum Gasteiger partial charge on any atom is 0.225 e. The van der Waals surface area contributed by atoms with Gasteiger partial charge in [0.15, 0.2) is 11.5 Å². The van der Waals surface area contributed by atoms with Crippen LogP contribution in [0.1, 0.15) is 38.3 Å². The number of nitrogens with zero attached hydrogens (tertiary/aromatic N) is 3. The lowest BCUT2D eigenvalue weighted by Gasteiger charge is -2.33. The zero-order valence-electron chi connectivity index (χ0n) is 16.7. The quantitative estimate of drug-likeness (QED) is 0.791. The molecule has 2 heterocycles. The summed E-state index contributed by atoms with van der Waals surface area (Å²) in [5.74, 6) is 2.20. The van der Waals surface area contributed by atoms with Gasteiger partial charge in [0.1, 0.15) is 5.82 Å². The van der Waals surface area contributed by atoms with E-state index in [0.29, 0.717) is 24.7 Å². The lowest BCUT2D eigenvalue weighted by Crippen LogP contribution is -2.44. The molecule has 1 aliphatic rings. The Balaban J connectivity index is 1.63. The number of methoxy groups -OCH3 is 1. The number of hydrogen-bond donors (Lipinski definition) is 1. The summed E-state index contributed by atoms with van der Waals surface area (Å²) in [6.07, 6.45) is 6.92. The van der Waals surface area contributed by atoms with E-state index in [1.54, 1.807) is 25.7 Å². The summed E-state index contributed by atoms with van der Waals surface area (Å²) in [7, 11) is 1.62. The fraction of sp³-hybridized carbons (Fsp3) is 0.476. The Morgan fingerprint density at radius 1 is 1.36 bits per heavy atom. The molecule has 2 unspecified atom stereocenters. The number of nitrogens with one attached hydrogen (secondary N) is 1. The van der Waals surface area contributed by atoms with E-state index in [4.69, 9.17) is 9.47 Å². The molecule has 1 aromatic carbocycles. The molecule has 1 fully saturated rings. The normalized spacial score (nSPS) is 17.7. The molecule has 1 aromatic heterocycles. The van der Waals surface area contributed by atoms with Crippen molar-refractivity contribution in [3.05, 3.63) is 42.4 Å². The van der Waals surface area contributed by atoms with Crippen LogP contribution in [0.15, 0.2) is 36.8 Å². The molecule has 1 aliphatic heterocycles. The molecule has 0 saturated carbocycles. The van der Waals surface area contributed by atoms with E-state index >= 15 is 0 Å². The first-order valence-electron chi connectivity index (χ1n) is 9.74. The topological polar surface area (TPSA) is 76.6 Å². The number of carbonyl (C=O) groups excluding carboxylic acids is 1. The molecule has 0 aliphatic carbocycles. The molecule has 7 nitrogen and oxygen atoms in total. The average Bonchev–Trinajstić information content (AvgIpc) is 2.75. The van der Waals surface area contributed by atoms with Crippen LogP contribution < -0.4 is 19.7 Å². The van der Waals surface area contributed by atoms with E-state index in [-0.39, 0.29) is 17.9 Å². The molecule has 7 heteroatoms. The third kappa shape index (κ3) is 4.71. The molecule has 28 heavy (non-hydrogen) atoms. The highest BCUT2D eigenvalue weighted by Crippen LogP contribution is 2.30. The van der Waals surface area contributed by atoms with Crippen LogP contribution in [0.2, 0.25) is 0 Å². The molecule has 0 spiro atoms. The maximum atomic E-state index is 12.9. The van der Waals surface area contributed by atoms with Gasteiger partial charge in [-0.15, -0.1) is 0 Å². The first-order valence-corrected chi connectivity index (χ1v) is 9.74. The number of piperidine rings is 1. The molecule has 1 N–H and O–H groups in total. The van der Waals surface area contributed by atoms with Gasteiger partial charge in [0.25, 0.3) is 0 Å². The van der Waals surface area contributed by atoms with Gasteiger partial charge in [-0.1, -0.05) is 6.07 Å². The van der Waals surface area contributed by atoms with Crippen molar-refractivity contribution in [1.29, 1.82) is 0 Å². The van der Waals surface area contributed by atoms with Crippen molar-refractivity contribution < 1.29 is 14.3 Å². The second kappa shape index (κ2) is 9.39. The summed E-state index contributed by atoms with van der Waals surface area (Å²) in [5.41, 5.74) is 0.982. The van der Waals surface area contributed by atoms with Gasteiger partial charge in [-0.25, -0.2) is 4.98 Å². The standard InChI is InChI=1S/C21H28N4O3/c1-4-28-18-8-7-16(12-19(18)27-3)15(2)24-21(26)17-6-5-11-25(14-17)20-13-22-9-10-23-20/h7-10,12-13,15,17H,4-6,11,14H2,1-3H3,(H,24,26). The van der Waals surface area contributed by atoms with Crippen molar-refractivity contribution in [2.24, 2.45) is 5.92 Å². The van der Waals surface area contributed by atoms with Gasteiger partial charge in [0.05, 0.1) is 31.9 Å². The summed E-state index contributed by atoms with van der Waals surface area (Å²) in [6.45, 7) is 6.05. The molecule has 3 rings (SSSR count). The van der Waals surface area contributed by atoms with E-state index < -0.39 is 0 Å². The Morgan fingerprint density at radius 3 is 2.93 bits per heavy atom. The first-order chi connectivity index (χ1) is 13.6. The van der Waals surface area contributed by atoms with Crippen LogP contribution in [0.3, 0.4) is 0 Å². The van der Waals surface area contributed by atoms with Crippen LogP contribution >= 0.6 is 0 Å². The Bertz CT molecular complexity index is 784. The van der Waals surface area contributed by atoms with E-state index in [9.17, 15) is 4.79 Å². The van der Waals surface area contributed by atoms with Crippen LogP contribution in [0, 0.1) is 5.92 Å². The Labute approximate surface area is 166 Å². The molecular formula is C21H28N4O3. The summed E-state index contributed by atoms with van der Waals surface area (Å²) < 4.78 is 11.0. The summed E-state index contributed by atoms with van der Waals surface area (Å²) in [5, 5.41) is 3.14.